The minimum absolute atomic E-state index is 0.333. The molecule has 0 amide bonds. The lowest BCUT2D eigenvalue weighted by molar-refractivity contribution is 0.629. The molecule has 0 bridgehead atoms. The smallest absolute Gasteiger partial charge is 0.195 e. The number of nitrogens with zero attached hydrogens (tertiary/aromatic N) is 2. The van der Waals surface area contributed by atoms with Crippen molar-refractivity contribution < 1.29 is 0 Å². The predicted molar refractivity (Wildman–Crippen MR) is 106 cm³/mol. The lowest BCUT2D eigenvalue weighted by atomic mass is 10.2. The summed E-state index contributed by atoms with van der Waals surface area (Å²) in [5.74, 6) is 2.14. The fourth-order valence-electron chi connectivity index (χ4n) is 2.51. The van der Waals surface area contributed by atoms with Crippen molar-refractivity contribution in [2.24, 2.45) is 15.9 Å². The SMILES string of the molecule is CN=C(/C=C(\C)C1CC1)NC1=C(Cl)C=NC(Nc2ccc(N)cc2)N1. The van der Waals surface area contributed by atoms with Crippen molar-refractivity contribution >= 4 is 35.0 Å². The summed E-state index contributed by atoms with van der Waals surface area (Å²) in [4.78, 5) is 8.65. The molecule has 1 aliphatic carbocycles. The maximum Gasteiger partial charge on any atom is 0.195 e. The molecular formula is C18H23ClN6. The Hall–Kier alpha value is -2.47. The van der Waals surface area contributed by atoms with Crippen molar-refractivity contribution in [2.45, 2.75) is 26.1 Å². The van der Waals surface area contributed by atoms with Crippen LogP contribution in [0.1, 0.15) is 19.8 Å². The molecule has 132 valence electrons. The van der Waals surface area contributed by atoms with E-state index in [1.807, 2.05) is 24.3 Å². The molecular weight excluding hydrogens is 336 g/mol. The average molecular weight is 359 g/mol. The Morgan fingerprint density at radius 3 is 2.72 bits per heavy atom. The summed E-state index contributed by atoms with van der Waals surface area (Å²) in [6.45, 7) is 2.14. The van der Waals surface area contributed by atoms with Crippen LogP contribution < -0.4 is 21.7 Å². The van der Waals surface area contributed by atoms with Crippen LogP contribution in [0.5, 0.6) is 0 Å². The number of rotatable bonds is 5. The highest BCUT2D eigenvalue weighted by atomic mass is 35.5. The Morgan fingerprint density at radius 1 is 1.36 bits per heavy atom. The molecule has 1 atom stereocenters. The van der Waals surface area contributed by atoms with Crippen molar-refractivity contribution in [3.8, 4) is 0 Å². The topological polar surface area (TPSA) is 86.8 Å². The molecule has 1 aromatic carbocycles. The number of benzene rings is 1. The first-order chi connectivity index (χ1) is 12.0. The van der Waals surface area contributed by atoms with Crippen molar-refractivity contribution in [3.05, 3.63) is 46.8 Å². The number of nitrogens with two attached hydrogens (primary N) is 1. The number of hydrogen-bond acceptors (Lipinski definition) is 5. The van der Waals surface area contributed by atoms with E-state index >= 15 is 0 Å². The summed E-state index contributed by atoms with van der Waals surface area (Å²) in [7, 11) is 1.76. The molecule has 25 heavy (non-hydrogen) atoms. The summed E-state index contributed by atoms with van der Waals surface area (Å²) >= 11 is 6.27. The molecule has 1 heterocycles. The zero-order valence-electron chi connectivity index (χ0n) is 14.4. The van der Waals surface area contributed by atoms with Crippen molar-refractivity contribution in [1.82, 2.24) is 10.6 Å². The first-order valence-corrected chi connectivity index (χ1v) is 8.66. The summed E-state index contributed by atoms with van der Waals surface area (Å²) in [5, 5.41) is 10.3. The molecule has 1 unspecified atom stereocenters. The van der Waals surface area contributed by atoms with Crippen LogP contribution >= 0.6 is 11.6 Å². The number of anilines is 2. The Labute approximate surface area is 153 Å². The van der Waals surface area contributed by atoms with Crippen LogP contribution in [0.25, 0.3) is 0 Å². The maximum atomic E-state index is 6.27. The number of amidine groups is 1. The lowest BCUT2D eigenvalue weighted by Gasteiger charge is -2.25. The van der Waals surface area contributed by atoms with Crippen LogP contribution in [0.15, 0.2) is 56.8 Å². The zero-order chi connectivity index (χ0) is 17.8. The number of halogens is 1. The van der Waals surface area contributed by atoms with Gasteiger partial charge >= 0.3 is 0 Å². The Bertz CT molecular complexity index is 743. The van der Waals surface area contributed by atoms with Gasteiger partial charge < -0.3 is 21.7 Å². The summed E-state index contributed by atoms with van der Waals surface area (Å²) < 4.78 is 0. The molecule has 1 fully saturated rings. The van der Waals surface area contributed by atoms with Crippen LogP contribution in [0, 0.1) is 5.92 Å². The maximum absolute atomic E-state index is 6.27. The molecule has 5 N–H and O–H groups in total. The molecule has 1 aromatic rings. The number of allylic oxidation sites excluding steroid dienone is 2. The molecule has 6 nitrogen and oxygen atoms in total. The quantitative estimate of drug-likeness (QED) is 0.370. The molecule has 1 aliphatic heterocycles. The summed E-state index contributed by atoms with van der Waals surface area (Å²) in [6, 6.07) is 7.48. The standard InChI is InChI=1S/C18H23ClN6/c1-11(12-3-4-12)9-16(21-2)24-17-15(19)10-22-18(25-17)23-14-7-5-13(20)6-8-14/h5-10,12,18,23,25H,3-4,20H2,1-2H3,(H,21,24)/b11-9+. The van der Waals surface area contributed by atoms with Gasteiger partial charge in [-0.05, 0) is 56.0 Å². The van der Waals surface area contributed by atoms with Gasteiger partial charge in [-0.3, -0.25) is 4.99 Å². The van der Waals surface area contributed by atoms with Crippen LogP contribution in [0.2, 0.25) is 0 Å². The summed E-state index contributed by atoms with van der Waals surface area (Å²) in [5.41, 5.74) is 8.68. The van der Waals surface area contributed by atoms with E-state index in [0.29, 0.717) is 16.8 Å². The van der Waals surface area contributed by atoms with Crippen molar-refractivity contribution in [3.63, 3.8) is 0 Å². The lowest BCUT2D eigenvalue weighted by Crippen LogP contribution is -2.43. The van der Waals surface area contributed by atoms with E-state index in [-0.39, 0.29) is 6.29 Å². The van der Waals surface area contributed by atoms with E-state index in [4.69, 9.17) is 17.3 Å². The van der Waals surface area contributed by atoms with Gasteiger partial charge in [0.2, 0.25) is 0 Å². The van der Waals surface area contributed by atoms with E-state index in [1.54, 1.807) is 13.3 Å². The monoisotopic (exact) mass is 358 g/mol. The molecule has 0 aromatic heterocycles. The first-order valence-electron chi connectivity index (χ1n) is 8.28. The second kappa shape index (κ2) is 7.61. The first kappa shape index (κ1) is 17.4. The van der Waals surface area contributed by atoms with Gasteiger partial charge in [-0.15, -0.1) is 0 Å². The zero-order valence-corrected chi connectivity index (χ0v) is 15.1. The highest BCUT2D eigenvalue weighted by molar-refractivity contribution is 6.39. The van der Waals surface area contributed by atoms with Gasteiger partial charge in [-0.25, -0.2) is 4.99 Å². The van der Waals surface area contributed by atoms with E-state index in [2.05, 4.69) is 38.9 Å². The van der Waals surface area contributed by atoms with Gasteiger partial charge in [-0.1, -0.05) is 17.2 Å². The van der Waals surface area contributed by atoms with E-state index < -0.39 is 0 Å². The molecule has 7 heteroatoms. The van der Waals surface area contributed by atoms with Crippen molar-refractivity contribution in [2.75, 3.05) is 18.1 Å². The number of nitrogen functional groups attached to an aromatic ring is 1. The van der Waals surface area contributed by atoms with Crippen LogP contribution in [0.3, 0.4) is 0 Å². The van der Waals surface area contributed by atoms with Gasteiger partial charge in [0.25, 0.3) is 0 Å². The summed E-state index contributed by atoms with van der Waals surface area (Å²) in [6.07, 6.45) is 5.90. The number of hydrogen-bond donors (Lipinski definition) is 4. The van der Waals surface area contributed by atoms with Gasteiger partial charge in [0, 0.05) is 24.6 Å². The van der Waals surface area contributed by atoms with Crippen LogP contribution in [0.4, 0.5) is 11.4 Å². The molecule has 3 rings (SSSR count). The number of nitrogens with one attached hydrogen (secondary N) is 3. The molecule has 1 saturated carbocycles. The molecule has 2 aliphatic rings. The van der Waals surface area contributed by atoms with Gasteiger partial charge in [0.15, 0.2) is 6.29 Å². The number of aliphatic imine (C=N–C) groups is 2. The second-order valence-electron chi connectivity index (χ2n) is 6.21. The van der Waals surface area contributed by atoms with Gasteiger partial charge in [-0.2, -0.15) is 0 Å². The normalized spacial score (nSPS) is 21.2. The Balaban J connectivity index is 1.65. The largest absolute Gasteiger partial charge is 0.399 e. The minimum atomic E-state index is -0.333. The third kappa shape index (κ3) is 4.76. The molecule has 0 saturated heterocycles. The molecule has 0 radical (unpaired) electrons. The Kier molecular flexibility index (Phi) is 5.28. The predicted octanol–water partition coefficient (Wildman–Crippen LogP) is 3.02. The fourth-order valence-corrected chi connectivity index (χ4v) is 2.67. The van der Waals surface area contributed by atoms with E-state index in [0.717, 1.165) is 17.2 Å². The van der Waals surface area contributed by atoms with Crippen LogP contribution in [-0.4, -0.2) is 25.4 Å². The van der Waals surface area contributed by atoms with E-state index in [9.17, 15) is 0 Å². The Morgan fingerprint density at radius 2 is 2.08 bits per heavy atom. The van der Waals surface area contributed by atoms with E-state index in [1.165, 1.54) is 18.4 Å². The van der Waals surface area contributed by atoms with Gasteiger partial charge in [0.05, 0.1) is 5.03 Å². The van der Waals surface area contributed by atoms with Crippen molar-refractivity contribution in [1.29, 1.82) is 0 Å². The second-order valence-corrected chi connectivity index (χ2v) is 6.62. The van der Waals surface area contributed by atoms with Gasteiger partial charge in [0.1, 0.15) is 11.7 Å². The van der Waals surface area contributed by atoms with Crippen LogP contribution in [-0.2, 0) is 0 Å². The third-order valence-electron chi connectivity index (χ3n) is 4.15. The minimum Gasteiger partial charge on any atom is -0.399 e. The molecule has 0 spiro atoms. The fraction of sp³-hybridized carbons (Fsp3) is 0.333. The highest BCUT2D eigenvalue weighted by Crippen LogP contribution is 2.35. The third-order valence-corrected chi connectivity index (χ3v) is 4.44. The highest BCUT2D eigenvalue weighted by Gasteiger charge is 2.23. The average Bonchev–Trinajstić information content (AvgIpc) is 3.44.